The molecule has 1 N–H and O–H groups in total. The van der Waals surface area contributed by atoms with Crippen molar-refractivity contribution in [3.05, 3.63) is 54.1 Å². The normalized spacial score (nSPS) is 13.2. The average Bonchev–Trinajstić information content (AvgIpc) is 2.64. The Morgan fingerprint density at radius 3 is 2.68 bits per heavy atom. The molecule has 6 nitrogen and oxygen atoms in total. The van der Waals surface area contributed by atoms with E-state index in [4.69, 9.17) is 4.74 Å². The molecule has 0 unspecified atom stereocenters. The number of methoxy groups -OCH3 is 1. The number of nitrogens with zero attached hydrogens (tertiary/aromatic N) is 1. The number of ether oxygens (including phenoxy) is 1. The SMILES string of the molecule is COC(=O)c1ccccc1NC(=O)CN1C(=O)CSc2ccccc21. The third-order valence-corrected chi connectivity index (χ3v) is 4.76. The molecule has 0 spiro atoms. The van der Waals surface area contributed by atoms with E-state index in [9.17, 15) is 14.4 Å². The highest BCUT2D eigenvalue weighted by molar-refractivity contribution is 8.00. The molecule has 0 radical (unpaired) electrons. The Morgan fingerprint density at radius 2 is 1.88 bits per heavy atom. The third-order valence-electron chi connectivity index (χ3n) is 3.72. The first kappa shape index (κ1) is 17.0. The van der Waals surface area contributed by atoms with Gasteiger partial charge in [-0.3, -0.25) is 9.59 Å². The van der Waals surface area contributed by atoms with Crippen molar-refractivity contribution >= 4 is 40.9 Å². The van der Waals surface area contributed by atoms with Gasteiger partial charge in [-0.05, 0) is 24.3 Å². The van der Waals surface area contributed by atoms with Crippen molar-refractivity contribution in [1.29, 1.82) is 0 Å². The summed E-state index contributed by atoms with van der Waals surface area (Å²) in [5.41, 5.74) is 1.34. The summed E-state index contributed by atoms with van der Waals surface area (Å²) < 4.78 is 4.71. The fourth-order valence-corrected chi connectivity index (χ4v) is 3.48. The lowest BCUT2D eigenvalue weighted by molar-refractivity contribution is -0.120. The molecule has 0 atom stereocenters. The van der Waals surface area contributed by atoms with Crippen LogP contribution >= 0.6 is 11.8 Å². The van der Waals surface area contributed by atoms with Gasteiger partial charge in [0.05, 0.1) is 29.8 Å². The van der Waals surface area contributed by atoms with Gasteiger partial charge in [0.15, 0.2) is 0 Å². The number of rotatable bonds is 4. The topological polar surface area (TPSA) is 75.7 Å². The van der Waals surface area contributed by atoms with Gasteiger partial charge in [-0.15, -0.1) is 11.8 Å². The van der Waals surface area contributed by atoms with E-state index >= 15 is 0 Å². The van der Waals surface area contributed by atoms with Crippen LogP contribution in [0.4, 0.5) is 11.4 Å². The molecule has 1 aliphatic heterocycles. The number of benzene rings is 2. The van der Waals surface area contributed by atoms with Gasteiger partial charge < -0.3 is 15.0 Å². The Labute approximate surface area is 149 Å². The predicted octanol–water partition coefficient (Wildman–Crippen LogP) is 2.55. The van der Waals surface area contributed by atoms with Crippen molar-refractivity contribution in [3.8, 4) is 0 Å². The lowest BCUT2D eigenvalue weighted by atomic mass is 10.2. The number of esters is 1. The molecular formula is C18H16N2O4S. The minimum absolute atomic E-state index is 0.119. The summed E-state index contributed by atoms with van der Waals surface area (Å²) in [7, 11) is 1.28. The quantitative estimate of drug-likeness (QED) is 0.852. The zero-order valence-electron chi connectivity index (χ0n) is 13.5. The number of thioether (sulfide) groups is 1. The van der Waals surface area contributed by atoms with Crippen LogP contribution in [0.1, 0.15) is 10.4 Å². The number of amides is 2. The maximum Gasteiger partial charge on any atom is 0.339 e. The van der Waals surface area contributed by atoms with E-state index in [0.29, 0.717) is 11.4 Å². The molecular weight excluding hydrogens is 340 g/mol. The highest BCUT2D eigenvalue weighted by atomic mass is 32.2. The Hall–Kier alpha value is -2.80. The molecule has 2 amide bonds. The molecule has 128 valence electrons. The molecule has 0 saturated carbocycles. The standard InChI is InChI=1S/C18H16N2O4S/c1-24-18(23)12-6-2-3-7-13(12)19-16(21)10-20-14-8-4-5-9-15(14)25-11-17(20)22/h2-9H,10-11H2,1H3,(H,19,21). The predicted molar refractivity (Wildman–Crippen MR) is 95.9 cm³/mol. The first-order valence-electron chi connectivity index (χ1n) is 7.59. The number of carbonyl (C=O) groups excluding carboxylic acids is 3. The number of hydrogen-bond donors (Lipinski definition) is 1. The smallest absolute Gasteiger partial charge is 0.339 e. The summed E-state index contributed by atoms with van der Waals surface area (Å²) in [6.07, 6.45) is 0. The molecule has 2 aromatic rings. The van der Waals surface area contributed by atoms with Crippen LogP contribution in [0.15, 0.2) is 53.4 Å². The number of anilines is 2. The van der Waals surface area contributed by atoms with Gasteiger partial charge in [0.25, 0.3) is 0 Å². The van der Waals surface area contributed by atoms with Gasteiger partial charge in [-0.2, -0.15) is 0 Å². The summed E-state index contributed by atoms with van der Waals surface area (Å²) in [5.74, 6) is -0.749. The van der Waals surface area contributed by atoms with Gasteiger partial charge in [-0.25, -0.2) is 4.79 Å². The van der Waals surface area contributed by atoms with Crippen molar-refractivity contribution in [2.24, 2.45) is 0 Å². The van der Waals surface area contributed by atoms with Gasteiger partial charge in [0.2, 0.25) is 11.8 Å². The number of fused-ring (bicyclic) bond motifs is 1. The first-order valence-corrected chi connectivity index (χ1v) is 8.58. The summed E-state index contributed by atoms with van der Waals surface area (Å²) in [5, 5.41) is 2.68. The second-order valence-corrected chi connectivity index (χ2v) is 6.34. The monoisotopic (exact) mass is 356 g/mol. The van der Waals surface area contributed by atoms with Crippen LogP contribution in [0.5, 0.6) is 0 Å². The number of hydrogen-bond acceptors (Lipinski definition) is 5. The summed E-state index contributed by atoms with van der Waals surface area (Å²) in [6.45, 7) is -0.119. The Balaban J connectivity index is 1.78. The molecule has 0 fully saturated rings. The maximum absolute atomic E-state index is 12.4. The van der Waals surface area contributed by atoms with Crippen molar-refractivity contribution < 1.29 is 19.1 Å². The van der Waals surface area contributed by atoms with Crippen molar-refractivity contribution in [3.63, 3.8) is 0 Å². The minimum Gasteiger partial charge on any atom is -0.465 e. The van der Waals surface area contributed by atoms with Crippen LogP contribution < -0.4 is 10.2 Å². The molecule has 1 heterocycles. The Kier molecular flexibility index (Phi) is 5.04. The van der Waals surface area contributed by atoms with E-state index in [1.165, 1.54) is 23.8 Å². The van der Waals surface area contributed by atoms with E-state index in [1.54, 1.807) is 24.3 Å². The van der Waals surface area contributed by atoms with Gasteiger partial charge in [0, 0.05) is 4.90 Å². The molecule has 3 rings (SSSR count). The van der Waals surface area contributed by atoms with Crippen molar-refractivity contribution in [2.45, 2.75) is 4.90 Å². The van der Waals surface area contributed by atoms with E-state index in [0.717, 1.165) is 10.6 Å². The second-order valence-electron chi connectivity index (χ2n) is 5.32. The Bertz CT molecular complexity index is 837. The van der Waals surface area contributed by atoms with Crippen molar-refractivity contribution in [1.82, 2.24) is 0 Å². The number of nitrogens with one attached hydrogen (secondary N) is 1. The van der Waals surface area contributed by atoms with Gasteiger partial charge in [0.1, 0.15) is 6.54 Å². The second kappa shape index (κ2) is 7.40. The van der Waals surface area contributed by atoms with Gasteiger partial charge >= 0.3 is 5.97 Å². The van der Waals surface area contributed by atoms with Crippen LogP contribution in [-0.2, 0) is 14.3 Å². The highest BCUT2D eigenvalue weighted by Crippen LogP contribution is 2.34. The van der Waals surface area contributed by atoms with E-state index in [-0.39, 0.29) is 23.9 Å². The first-order chi connectivity index (χ1) is 12.1. The largest absolute Gasteiger partial charge is 0.465 e. The molecule has 0 saturated heterocycles. The Morgan fingerprint density at radius 1 is 1.16 bits per heavy atom. The summed E-state index contributed by atoms with van der Waals surface area (Å²) in [4.78, 5) is 38.9. The summed E-state index contributed by atoms with van der Waals surface area (Å²) >= 11 is 1.46. The number of para-hydroxylation sites is 2. The average molecular weight is 356 g/mol. The van der Waals surface area contributed by atoms with Gasteiger partial charge in [-0.1, -0.05) is 24.3 Å². The third kappa shape index (κ3) is 3.66. The molecule has 25 heavy (non-hydrogen) atoms. The van der Waals surface area contributed by atoms with E-state index in [2.05, 4.69) is 5.32 Å². The fourth-order valence-electron chi connectivity index (χ4n) is 2.54. The van der Waals surface area contributed by atoms with E-state index < -0.39 is 5.97 Å². The fraction of sp³-hybridized carbons (Fsp3) is 0.167. The van der Waals surface area contributed by atoms with Crippen LogP contribution in [0.25, 0.3) is 0 Å². The van der Waals surface area contributed by atoms with E-state index in [1.807, 2.05) is 24.3 Å². The van der Waals surface area contributed by atoms with Crippen LogP contribution in [-0.4, -0.2) is 37.2 Å². The zero-order chi connectivity index (χ0) is 17.8. The van der Waals surface area contributed by atoms with Crippen LogP contribution in [0.3, 0.4) is 0 Å². The molecule has 0 bridgehead atoms. The molecule has 7 heteroatoms. The van der Waals surface area contributed by atoms with Crippen LogP contribution in [0, 0.1) is 0 Å². The highest BCUT2D eigenvalue weighted by Gasteiger charge is 2.26. The number of carbonyl (C=O) groups is 3. The molecule has 0 aromatic heterocycles. The minimum atomic E-state index is -0.535. The summed E-state index contributed by atoms with van der Waals surface area (Å²) in [6, 6.07) is 14.0. The zero-order valence-corrected chi connectivity index (χ0v) is 14.3. The molecule has 0 aliphatic carbocycles. The van der Waals surface area contributed by atoms with Crippen molar-refractivity contribution in [2.75, 3.05) is 29.6 Å². The lowest BCUT2D eigenvalue weighted by Crippen LogP contribution is -2.41. The maximum atomic E-state index is 12.4. The van der Waals surface area contributed by atoms with Crippen LogP contribution in [0.2, 0.25) is 0 Å². The molecule has 2 aromatic carbocycles. The molecule has 1 aliphatic rings. The lowest BCUT2D eigenvalue weighted by Gasteiger charge is -2.28.